The number of aryl methyl sites for hydroxylation is 1. The first-order valence-corrected chi connectivity index (χ1v) is 5.89. The number of pyridine rings is 1. The first kappa shape index (κ1) is 14.3. The molecule has 1 heterocycles. The number of hydrogen-bond donors (Lipinski definition) is 1. The van der Waals surface area contributed by atoms with Crippen molar-refractivity contribution < 1.29 is 17.9 Å². The smallest absolute Gasteiger partial charge is 0.228 e. The van der Waals surface area contributed by atoms with E-state index in [1.54, 1.807) is 6.92 Å². The molecule has 0 aliphatic heterocycles. The van der Waals surface area contributed by atoms with E-state index in [4.69, 9.17) is 5.73 Å². The summed E-state index contributed by atoms with van der Waals surface area (Å²) in [4.78, 5) is 4.02. The van der Waals surface area contributed by atoms with Crippen LogP contribution in [0.5, 0.6) is 5.75 Å². The summed E-state index contributed by atoms with van der Waals surface area (Å²) in [6.07, 6.45) is 0. The van der Waals surface area contributed by atoms with Crippen LogP contribution in [0.1, 0.15) is 23.0 Å². The van der Waals surface area contributed by atoms with Crippen molar-refractivity contribution in [1.82, 2.24) is 4.98 Å². The van der Waals surface area contributed by atoms with Gasteiger partial charge in [0.2, 0.25) is 6.86 Å². The van der Waals surface area contributed by atoms with Crippen LogP contribution in [-0.2, 0) is 0 Å². The average molecular weight is 282 g/mol. The van der Waals surface area contributed by atoms with Gasteiger partial charge in [0.1, 0.15) is 5.82 Å². The maximum atomic E-state index is 13.7. The molecule has 0 spiro atoms. The van der Waals surface area contributed by atoms with Crippen LogP contribution in [0.15, 0.2) is 30.3 Å². The summed E-state index contributed by atoms with van der Waals surface area (Å²) >= 11 is 0. The van der Waals surface area contributed by atoms with Gasteiger partial charge in [0, 0.05) is 5.69 Å². The van der Waals surface area contributed by atoms with Crippen molar-refractivity contribution in [1.29, 1.82) is 0 Å². The zero-order valence-electron chi connectivity index (χ0n) is 10.7. The highest BCUT2D eigenvalue weighted by Crippen LogP contribution is 2.25. The van der Waals surface area contributed by atoms with E-state index in [-0.39, 0.29) is 11.4 Å². The molecule has 6 heteroatoms. The van der Waals surface area contributed by atoms with E-state index in [2.05, 4.69) is 9.72 Å². The zero-order valence-corrected chi connectivity index (χ0v) is 10.7. The SMILES string of the molecule is Cc1ccc(F)c([C@@H](N)c2ccc(OCF)c(F)c2)n1. The number of ether oxygens (including phenoxy) is 1. The van der Waals surface area contributed by atoms with Crippen LogP contribution in [0.3, 0.4) is 0 Å². The second-order valence-corrected chi connectivity index (χ2v) is 4.24. The number of nitrogens with two attached hydrogens (primary N) is 1. The van der Waals surface area contributed by atoms with E-state index in [1.165, 1.54) is 24.3 Å². The molecule has 0 aliphatic carbocycles. The molecule has 0 fully saturated rings. The van der Waals surface area contributed by atoms with Crippen molar-refractivity contribution in [2.24, 2.45) is 5.73 Å². The quantitative estimate of drug-likeness (QED) is 0.937. The summed E-state index contributed by atoms with van der Waals surface area (Å²) in [5.41, 5.74) is 6.86. The lowest BCUT2D eigenvalue weighted by molar-refractivity contribution is 0.184. The molecule has 0 aliphatic rings. The van der Waals surface area contributed by atoms with Crippen molar-refractivity contribution in [3.8, 4) is 5.75 Å². The normalized spacial score (nSPS) is 12.2. The molecule has 3 nitrogen and oxygen atoms in total. The maximum absolute atomic E-state index is 13.7. The van der Waals surface area contributed by atoms with E-state index < -0.39 is 24.5 Å². The van der Waals surface area contributed by atoms with Gasteiger partial charge in [-0.25, -0.2) is 13.2 Å². The fourth-order valence-electron chi connectivity index (χ4n) is 1.82. The van der Waals surface area contributed by atoms with Crippen molar-refractivity contribution in [3.63, 3.8) is 0 Å². The highest BCUT2D eigenvalue weighted by molar-refractivity contribution is 5.35. The monoisotopic (exact) mass is 282 g/mol. The number of rotatable bonds is 4. The van der Waals surface area contributed by atoms with E-state index >= 15 is 0 Å². The first-order valence-electron chi connectivity index (χ1n) is 5.89. The number of nitrogens with zero attached hydrogens (tertiary/aromatic N) is 1. The van der Waals surface area contributed by atoms with Crippen molar-refractivity contribution in [2.45, 2.75) is 13.0 Å². The van der Waals surface area contributed by atoms with Gasteiger partial charge < -0.3 is 10.5 Å². The molecule has 0 bridgehead atoms. The summed E-state index contributed by atoms with van der Waals surface area (Å²) < 4.78 is 43.8. The van der Waals surface area contributed by atoms with Crippen molar-refractivity contribution in [3.05, 3.63) is 58.9 Å². The van der Waals surface area contributed by atoms with Gasteiger partial charge >= 0.3 is 0 Å². The Morgan fingerprint density at radius 2 is 1.95 bits per heavy atom. The second-order valence-electron chi connectivity index (χ2n) is 4.24. The number of benzene rings is 1. The van der Waals surface area contributed by atoms with Gasteiger partial charge in [-0.15, -0.1) is 0 Å². The first-order chi connectivity index (χ1) is 9.52. The Hall–Kier alpha value is -2.08. The molecular weight excluding hydrogens is 269 g/mol. The molecule has 0 unspecified atom stereocenters. The van der Waals surface area contributed by atoms with E-state index in [1.807, 2.05) is 0 Å². The van der Waals surface area contributed by atoms with Crippen LogP contribution >= 0.6 is 0 Å². The molecule has 1 aromatic heterocycles. The highest BCUT2D eigenvalue weighted by atomic mass is 19.1. The molecule has 0 saturated heterocycles. The second kappa shape index (κ2) is 5.92. The predicted octanol–water partition coefficient (Wildman–Crippen LogP) is 3.02. The standard InChI is InChI=1S/C14H13F3N2O/c1-8-2-4-10(16)14(19-8)13(18)9-3-5-12(20-7-15)11(17)6-9/h2-6,13H,7,18H2,1H3/t13-/m0/s1. The van der Waals surface area contributed by atoms with Gasteiger partial charge in [-0.1, -0.05) is 6.07 Å². The molecule has 2 N–H and O–H groups in total. The minimum atomic E-state index is -1.13. The number of aromatic nitrogens is 1. The van der Waals surface area contributed by atoms with Gasteiger partial charge in [-0.3, -0.25) is 4.98 Å². The van der Waals surface area contributed by atoms with Crippen LogP contribution in [0.2, 0.25) is 0 Å². The average Bonchev–Trinajstić information content (AvgIpc) is 2.43. The third-order valence-corrected chi connectivity index (χ3v) is 2.83. The van der Waals surface area contributed by atoms with E-state index in [0.717, 1.165) is 6.07 Å². The minimum absolute atomic E-state index is 0.0311. The van der Waals surface area contributed by atoms with Crippen LogP contribution in [0.25, 0.3) is 0 Å². The largest absolute Gasteiger partial charge is 0.460 e. The molecule has 20 heavy (non-hydrogen) atoms. The molecule has 1 aromatic carbocycles. The molecule has 106 valence electrons. The molecular formula is C14H13F3N2O. The van der Waals surface area contributed by atoms with Crippen LogP contribution in [0.4, 0.5) is 13.2 Å². The van der Waals surface area contributed by atoms with Crippen LogP contribution in [0, 0.1) is 18.6 Å². The minimum Gasteiger partial charge on any atom is -0.460 e. The van der Waals surface area contributed by atoms with Gasteiger partial charge in [-0.2, -0.15) is 0 Å². The Bertz CT molecular complexity index is 619. The fraction of sp³-hybridized carbons (Fsp3) is 0.214. The summed E-state index contributed by atoms with van der Waals surface area (Å²) in [5.74, 6) is -1.54. The van der Waals surface area contributed by atoms with Gasteiger partial charge in [0.05, 0.1) is 11.7 Å². The zero-order chi connectivity index (χ0) is 14.7. The van der Waals surface area contributed by atoms with Crippen LogP contribution in [-0.4, -0.2) is 11.8 Å². The maximum Gasteiger partial charge on any atom is 0.228 e. The Morgan fingerprint density at radius 3 is 2.60 bits per heavy atom. The summed E-state index contributed by atoms with van der Waals surface area (Å²) in [7, 11) is 0. The lowest BCUT2D eigenvalue weighted by atomic mass is 10.0. The molecule has 1 atom stereocenters. The predicted molar refractivity (Wildman–Crippen MR) is 68.0 cm³/mol. The molecule has 0 amide bonds. The van der Waals surface area contributed by atoms with Crippen molar-refractivity contribution >= 4 is 0 Å². The Labute approximate surface area is 114 Å². The lowest BCUT2D eigenvalue weighted by Crippen LogP contribution is -2.16. The summed E-state index contributed by atoms with van der Waals surface area (Å²) in [6.45, 7) is 0.574. The molecule has 0 radical (unpaired) electrons. The molecule has 2 aromatic rings. The third kappa shape index (κ3) is 2.91. The Balaban J connectivity index is 2.35. The number of hydrogen-bond acceptors (Lipinski definition) is 3. The third-order valence-electron chi connectivity index (χ3n) is 2.83. The van der Waals surface area contributed by atoms with Crippen LogP contribution < -0.4 is 10.5 Å². The fourth-order valence-corrected chi connectivity index (χ4v) is 1.82. The van der Waals surface area contributed by atoms with Gasteiger partial charge in [0.15, 0.2) is 11.6 Å². The van der Waals surface area contributed by atoms with Gasteiger partial charge in [-0.05, 0) is 36.8 Å². The number of halogens is 3. The van der Waals surface area contributed by atoms with E-state index in [9.17, 15) is 13.2 Å². The molecule has 0 saturated carbocycles. The van der Waals surface area contributed by atoms with Crippen molar-refractivity contribution in [2.75, 3.05) is 6.86 Å². The summed E-state index contributed by atoms with van der Waals surface area (Å²) in [6, 6.07) is 5.64. The Morgan fingerprint density at radius 1 is 1.20 bits per heavy atom. The highest BCUT2D eigenvalue weighted by Gasteiger charge is 2.17. The molecule has 2 rings (SSSR count). The van der Waals surface area contributed by atoms with E-state index in [0.29, 0.717) is 11.3 Å². The number of alkyl halides is 1. The van der Waals surface area contributed by atoms with Gasteiger partial charge in [0.25, 0.3) is 0 Å². The summed E-state index contributed by atoms with van der Waals surface area (Å²) in [5, 5.41) is 0. The lowest BCUT2D eigenvalue weighted by Gasteiger charge is -2.14. The Kier molecular flexibility index (Phi) is 4.24. The topological polar surface area (TPSA) is 48.1 Å².